The van der Waals surface area contributed by atoms with Crippen molar-refractivity contribution >= 4 is 11.6 Å². The zero-order valence-corrected chi connectivity index (χ0v) is 15.5. The minimum absolute atomic E-state index is 0.0780. The van der Waals surface area contributed by atoms with Crippen molar-refractivity contribution < 1.29 is 9.59 Å². The van der Waals surface area contributed by atoms with Crippen LogP contribution in [0.25, 0.3) is 0 Å². The highest BCUT2D eigenvalue weighted by atomic mass is 16.1. The zero-order chi connectivity index (χ0) is 17.6. The van der Waals surface area contributed by atoms with Gasteiger partial charge >= 0.3 is 0 Å². The number of hydrogen-bond donors (Lipinski definition) is 0. The Balaban J connectivity index is 1.61. The maximum absolute atomic E-state index is 12.6. The third kappa shape index (κ3) is 1.59. The normalized spacial score (nSPS) is 52.4. The second kappa shape index (κ2) is 4.64. The van der Waals surface area contributed by atoms with Gasteiger partial charge in [-0.1, -0.05) is 38.2 Å². The van der Waals surface area contributed by atoms with Gasteiger partial charge in [0.15, 0.2) is 5.78 Å². The van der Waals surface area contributed by atoms with Crippen molar-refractivity contribution in [2.75, 3.05) is 0 Å². The third-order valence-corrected chi connectivity index (χ3v) is 9.12. The molecule has 0 radical (unpaired) electrons. The van der Waals surface area contributed by atoms with Crippen LogP contribution in [-0.2, 0) is 9.59 Å². The minimum atomic E-state index is -0.224. The fourth-order valence-electron chi connectivity index (χ4n) is 7.62. The molecule has 2 fully saturated rings. The average molecular weight is 336 g/mol. The predicted molar refractivity (Wildman–Crippen MR) is 97.7 cm³/mol. The number of carbonyl (C=O) groups excluding carboxylic acids is 2. The highest BCUT2D eigenvalue weighted by Gasteiger charge is 2.72. The summed E-state index contributed by atoms with van der Waals surface area (Å²) in [6, 6.07) is 0. The molecule has 2 bridgehead atoms. The maximum atomic E-state index is 12.6. The number of ketones is 2. The van der Waals surface area contributed by atoms with Gasteiger partial charge < -0.3 is 0 Å². The van der Waals surface area contributed by atoms with Gasteiger partial charge in [-0.05, 0) is 73.8 Å². The van der Waals surface area contributed by atoms with E-state index in [1.54, 1.807) is 6.92 Å². The molecule has 0 aromatic carbocycles. The van der Waals surface area contributed by atoms with Crippen molar-refractivity contribution in [3.05, 3.63) is 36.0 Å². The van der Waals surface area contributed by atoms with Gasteiger partial charge in [0.1, 0.15) is 5.78 Å². The second-order valence-corrected chi connectivity index (χ2v) is 9.61. The summed E-state index contributed by atoms with van der Waals surface area (Å²) in [4.78, 5) is 24.8. The van der Waals surface area contributed by atoms with Crippen LogP contribution in [0.3, 0.4) is 0 Å². The van der Waals surface area contributed by atoms with Crippen molar-refractivity contribution in [3.63, 3.8) is 0 Å². The van der Waals surface area contributed by atoms with Gasteiger partial charge in [0.05, 0.1) is 5.41 Å². The first-order chi connectivity index (χ1) is 11.8. The van der Waals surface area contributed by atoms with Crippen LogP contribution in [0.15, 0.2) is 36.0 Å². The summed E-state index contributed by atoms with van der Waals surface area (Å²) in [6.07, 6.45) is 16.8. The van der Waals surface area contributed by atoms with E-state index in [1.807, 2.05) is 6.08 Å². The summed E-state index contributed by atoms with van der Waals surface area (Å²) < 4.78 is 0. The number of fused-ring (bicyclic) bond motifs is 3. The van der Waals surface area contributed by atoms with Crippen LogP contribution in [0, 0.1) is 39.9 Å². The monoisotopic (exact) mass is 336 g/mol. The van der Waals surface area contributed by atoms with E-state index in [1.165, 1.54) is 12.0 Å². The average Bonchev–Trinajstić information content (AvgIpc) is 3.01. The molecular weight excluding hydrogens is 308 g/mol. The molecule has 0 N–H and O–H groups in total. The minimum Gasteiger partial charge on any atom is -0.299 e. The van der Waals surface area contributed by atoms with E-state index in [2.05, 4.69) is 38.2 Å². The molecule has 0 spiro atoms. The number of rotatable bonds is 1. The number of Topliss-reactive ketones (excluding diaryl/α,β-unsaturated/α-hetero) is 1. The molecule has 5 rings (SSSR count). The van der Waals surface area contributed by atoms with Gasteiger partial charge in [0.2, 0.25) is 0 Å². The van der Waals surface area contributed by atoms with E-state index in [9.17, 15) is 9.59 Å². The number of hydrogen-bond acceptors (Lipinski definition) is 2. The van der Waals surface area contributed by atoms with Crippen molar-refractivity contribution in [1.82, 2.24) is 0 Å². The summed E-state index contributed by atoms with van der Waals surface area (Å²) in [6.45, 7) is 6.28. The lowest BCUT2D eigenvalue weighted by Gasteiger charge is -2.57. The first kappa shape index (κ1) is 15.8. The SMILES string of the molecule is CC(=O)[C@@]12C=CC3(CC1)[C@@H]1C=CC4=CC(=O)C(C)C[C@@H]4[C@H]1CC[C@@]32C. The maximum Gasteiger partial charge on any atom is 0.158 e. The van der Waals surface area contributed by atoms with E-state index in [0.717, 1.165) is 25.7 Å². The molecule has 5 aliphatic carbocycles. The third-order valence-electron chi connectivity index (χ3n) is 9.12. The Labute approximate surface area is 150 Å². The van der Waals surface area contributed by atoms with Gasteiger partial charge in [-0.3, -0.25) is 9.59 Å². The molecule has 0 aliphatic heterocycles. The van der Waals surface area contributed by atoms with Crippen molar-refractivity contribution in [2.24, 2.45) is 39.9 Å². The molecule has 7 atom stereocenters. The fraction of sp³-hybridized carbons (Fsp3) is 0.652. The first-order valence-corrected chi connectivity index (χ1v) is 10.00. The van der Waals surface area contributed by atoms with E-state index in [-0.39, 0.29) is 22.2 Å². The number of allylic oxidation sites excluding steroid dienone is 6. The Morgan fingerprint density at radius 1 is 1.20 bits per heavy atom. The van der Waals surface area contributed by atoms with Crippen LogP contribution in [0.2, 0.25) is 0 Å². The fourth-order valence-corrected chi connectivity index (χ4v) is 7.62. The smallest absolute Gasteiger partial charge is 0.158 e. The van der Waals surface area contributed by atoms with Crippen LogP contribution in [0.4, 0.5) is 0 Å². The van der Waals surface area contributed by atoms with Crippen LogP contribution in [0.5, 0.6) is 0 Å². The molecule has 2 unspecified atom stereocenters. The Bertz CT molecular complexity index is 771. The summed E-state index contributed by atoms with van der Waals surface area (Å²) in [7, 11) is 0. The van der Waals surface area contributed by atoms with Crippen LogP contribution < -0.4 is 0 Å². The molecule has 2 nitrogen and oxygen atoms in total. The van der Waals surface area contributed by atoms with E-state index < -0.39 is 0 Å². The molecule has 5 aliphatic rings. The Morgan fingerprint density at radius 2 is 2.00 bits per heavy atom. The summed E-state index contributed by atoms with van der Waals surface area (Å²) >= 11 is 0. The molecule has 2 saturated carbocycles. The molecule has 25 heavy (non-hydrogen) atoms. The summed E-state index contributed by atoms with van der Waals surface area (Å²) in [5, 5.41) is 0. The molecule has 2 heteroatoms. The van der Waals surface area contributed by atoms with Gasteiger partial charge in [0, 0.05) is 11.3 Å². The van der Waals surface area contributed by atoms with Crippen LogP contribution in [-0.4, -0.2) is 11.6 Å². The highest BCUT2D eigenvalue weighted by molar-refractivity contribution is 5.93. The van der Waals surface area contributed by atoms with E-state index >= 15 is 0 Å². The second-order valence-electron chi connectivity index (χ2n) is 9.61. The van der Waals surface area contributed by atoms with Crippen molar-refractivity contribution in [1.29, 1.82) is 0 Å². The molecule has 0 aromatic rings. The lowest BCUT2D eigenvalue weighted by atomic mass is 9.45. The van der Waals surface area contributed by atoms with E-state index in [0.29, 0.717) is 29.3 Å². The Kier molecular flexibility index (Phi) is 2.93. The van der Waals surface area contributed by atoms with Crippen LogP contribution >= 0.6 is 0 Å². The quantitative estimate of drug-likeness (QED) is 0.652. The highest BCUT2D eigenvalue weighted by Crippen LogP contribution is 2.77. The molecule has 132 valence electrons. The van der Waals surface area contributed by atoms with Crippen LogP contribution in [0.1, 0.15) is 52.9 Å². The standard InChI is InChI=1S/C23H28O2/c1-14-12-18-16(13-20(14)25)4-5-19-17(18)6-7-21(3)22(15(2)24)8-10-23(19,21)11-9-22/h4-5,8,10,13-14,17-19H,6-7,9,11-12H2,1-3H3/t14?,17-,18+,19-,21-,22-,23?/m1/s1. The Hall–Kier alpha value is -1.44. The van der Waals surface area contributed by atoms with Crippen molar-refractivity contribution in [2.45, 2.75) is 52.9 Å². The lowest BCUT2D eigenvalue weighted by Crippen LogP contribution is -2.53. The molecular formula is C23H28O2. The van der Waals surface area contributed by atoms with Gasteiger partial charge in [-0.2, -0.15) is 0 Å². The first-order valence-electron chi connectivity index (χ1n) is 10.00. The largest absolute Gasteiger partial charge is 0.299 e. The van der Waals surface area contributed by atoms with Gasteiger partial charge in [-0.25, -0.2) is 0 Å². The summed E-state index contributed by atoms with van der Waals surface area (Å²) in [5.74, 6) is 2.50. The molecule has 0 heterocycles. The Morgan fingerprint density at radius 3 is 2.68 bits per heavy atom. The number of carbonyl (C=O) groups is 2. The predicted octanol–water partition coefficient (Wildman–Crippen LogP) is 4.67. The molecule has 0 amide bonds. The molecule has 0 aromatic heterocycles. The van der Waals surface area contributed by atoms with Crippen molar-refractivity contribution in [3.8, 4) is 0 Å². The van der Waals surface area contributed by atoms with Gasteiger partial charge in [-0.15, -0.1) is 0 Å². The topological polar surface area (TPSA) is 34.1 Å². The van der Waals surface area contributed by atoms with E-state index in [4.69, 9.17) is 0 Å². The molecule has 0 saturated heterocycles. The van der Waals surface area contributed by atoms with Gasteiger partial charge in [0.25, 0.3) is 0 Å². The lowest BCUT2D eigenvalue weighted by molar-refractivity contribution is -0.134. The summed E-state index contributed by atoms with van der Waals surface area (Å²) in [5.41, 5.74) is 1.27. The zero-order valence-electron chi connectivity index (χ0n) is 15.5.